The standard InChI is InChI=1S/C18H24N2O/c1-14-5-10-18(15(2)13-14)20(3)11-4-12-21-17-8-6-16(19)7-9-17/h5-10,13H,4,11-12,19H2,1-3H3. The summed E-state index contributed by atoms with van der Waals surface area (Å²) in [5.41, 5.74) is 10.3. The Morgan fingerprint density at radius 1 is 1.05 bits per heavy atom. The quantitative estimate of drug-likeness (QED) is 0.648. The van der Waals surface area contributed by atoms with Gasteiger partial charge in [0.2, 0.25) is 0 Å². The Morgan fingerprint density at radius 3 is 2.43 bits per heavy atom. The molecule has 0 atom stereocenters. The number of nitrogen functional groups attached to an aromatic ring is 1. The minimum absolute atomic E-state index is 0.708. The zero-order valence-electron chi connectivity index (χ0n) is 13.1. The van der Waals surface area contributed by atoms with Crippen molar-refractivity contribution in [2.45, 2.75) is 20.3 Å². The second kappa shape index (κ2) is 7.02. The first-order chi connectivity index (χ1) is 10.1. The molecule has 2 aromatic rings. The summed E-state index contributed by atoms with van der Waals surface area (Å²) in [4.78, 5) is 2.28. The van der Waals surface area contributed by atoms with Crippen LogP contribution in [0.4, 0.5) is 11.4 Å². The Balaban J connectivity index is 1.79. The van der Waals surface area contributed by atoms with Gasteiger partial charge in [0.15, 0.2) is 0 Å². The highest BCUT2D eigenvalue weighted by Crippen LogP contribution is 2.20. The molecule has 0 radical (unpaired) electrons. The van der Waals surface area contributed by atoms with Crippen molar-refractivity contribution in [2.24, 2.45) is 0 Å². The average molecular weight is 284 g/mol. The van der Waals surface area contributed by atoms with Crippen molar-refractivity contribution in [3.8, 4) is 5.75 Å². The molecule has 0 saturated carbocycles. The van der Waals surface area contributed by atoms with Crippen molar-refractivity contribution in [2.75, 3.05) is 30.8 Å². The fourth-order valence-electron chi connectivity index (χ4n) is 2.41. The zero-order valence-corrected chi connectivity index (χ0v) is 13.1. The smallest absolute Gasteiger partial charge is 0.119 e. The SMILES string of the molecule is Cc1ccc(N(C)CCCOc2ccc(N)cc2)c(C)c1. The lowest BCUT2D eigenvalue weighted by Gasteiger charge is -2.21. The maximum absolute atomic E-state index is 5.71. The second-order valence-electron chi connectivity index (χ2n) is 5.48. The number of nitrogens with two attached hydrogens (primary N) is 1. The van der Waals surface area contributed by atoms with Crippen LogP contribution in [0.15, 0.2) is 42.5 Å². The van der Waals surface area contributed by atoms with Crippen molar-refractivity contribution in [1.82, 2.24) is 0 Å². The number of hydrogen-bond donors (Lipinski definition) is 1. The Labute approximate surface area is 127 Å². The molecule has 0 amide bonds. The van der Waals surface area contributed by atoms with E-state index in [9.17, 15) is 0 Å². The lowest BCUT2D eigenvalue weighted by Crippen LogP contribution is -2.21. The number of anilines is 2. The first-order valence-electron chi connectivity index (χ1n) is 7.33. The van der Waals surface area contributed by atoms with Gasteiger partial charge in [-0.1, -0.05) is 17.7 Å². The Morgan fingerprint density at radius 2 is 1.76 bits per heavy atom. The summed E-state index contributed by atoms with van der Waals surface area (Å²) in [6.45, 7) is 5.96. The van der Waals surface area contributed by atoms with Gasteiger partial charge in [-0.25, -0.2) is 0 Å². The van der Waals surface area contributed by atoms with Crippen molar-refractivity contribution < 1.29 is 4.74 Å². The van der Waals surface area contributed by atoms with Gasteiger partial charge in [-0.15, -0.1) is 0 Å². The van der Waals surface area contributed by atoms with Crippen LogP contribution in [0, 0.1) is 13.8 Å². The third-order valence-corrected chi connectivity index (χ3v) is 3.55. The van der Waals surface area contributed by atoms with Crippen molar-refractivity contribution in [1.29, 1.82) is 0 Å². The van der Waals surface area contributed by atoms with E-state index < -0.39 is 0 Å². The molecule has 2 aromatic carbocycles. The van der Waals surface area contributed by atoms with E-state index in [2.05, 4.69) is 44.0 Å². The Kier molecular flexibility index (Phi) is 5.09. The fourth-order valence-corrected chi connectivity index (χ4v) is 2.41. The molecule has 0 heterocycles. The molecule has 2 rings (SSSR count). The zero-order chi connectivity index (χ0) is 15.2. The molecule has 0 saturated heterocycles. The largest absolute Gasteiger partial charge is 0.494 e. The van der Waals surface area contributed by atoms with Crippen LogP contribution in [0.1, 0.15) is 17.5 Å². The van der Waals surface area contributed by atoms with Gasteiger partial charge in [-0.2, -0.15) is 0 Å². The molecule has 0 fully saturated rings. The second-order valence-corrected chi connectivity index (χ2v) is 5.48. The van der Waals surface area contributed by atoms with E-state index in [0.29, 0.717) is 6.61 Å². The molecule has 2 N–H and O–H groups in total. The van der Waals surface area contributed by atoms with Gasteiger partial charge in [0.05, 0.1) is 6.61 Å². The predicted octanol–water partition coefficient (Wildman–Crippen LogP) is 3.79. The lowest BCUT2D eigenvalue weighted by atomic mass is 10.1. The number of benzene rings is 2. The summed E-state index contributed by atoms with van der Waals surface area (Å²) in [6, 6.07) is 14.1. The van der Waals surface area contributed by atoms with Crippen LogP contribution in [-0.4, -0.2) is 20.2 Å². The molecule has 3 heteroatoms. The minimum atomic E-state index is 0.708. The van der Waals surface area contributed by atoms with E-state index >= 15 is 0 Å². The van der Waals surface area contributed by atoms with Gasteiger partial charge >= 0.3 is 0 Å². The summed E-state index contributed by atoms with van der Waals surface area (Å²) >= 11 is 0. The molecule has 0 aromatic heterocycles. The molecule has 0 bridgehead atoms. The van der Waals surface area contributed by atoms with Gasteiger partial charge in [0.1, 0.15) is 5.75 Å². The van der Waals surface area contributed by atoms with Gasteiger partial charge in [-0.3, -0.25) is 0 Å². The molecular formula is C18H24N2O. The number of rotatable bonds is 6. The van der Waals surface area contributed by atoms with E-state index in [1.54, 1.807) is 0 Å². The summed E-state index contributed by atoms with van der Waals surface area (Å²) in [6.07, 6.45) is 0.980. The molecule has 0 aliphatic rings. The van der Waals surface area contributed by atoms with Crippen molar-refractivity contribution in [3.63, 3.8) is 0 Å². The number of hydrogen-bond acceptors (Lipinski definition) is 3. The van der Waals surface area contributed by atoms with Crippen LogP contribution in [0.2, 0.25) is 0 Å². The molecule has 0 spiro atoms. The van der Waals surface area contributed by atoms with Crippen LogP contribution < -0.4 is 15.4 Å². The van der Waals surface area contributed by atoms with Gasteiger partial charge < -0.3 is 15.4 Å². The van der Waals surface area contributed by atoms with Crippen LogP contribution in [0.5, 0.6) is 5.75 Å². The van der Waals surface area contributed by atoms with E-state index in [4.69, 9.17) is 10.5 Å². The van der Waals surface area contributed by atoms with Crippen LogP contribution in [-0.2, 0) is 0 Å². The maximum Gasteiger partial charge on any atom is 0.119 e. The topological polar surface area (TPSA) is 38.5 Å². The van der Waals surface area contributed by atoms with E-state index in [-0.39, 0.29) is 0 Å². The minimum Gasteiger partial charge on any atom is -0.494 e. The van der Waals surface area contributed by atoms with Crippen LogP contribution in [0.25, 0.3) is 0 Å². The molecule has 3 nitrogen and oxygen atoms in total. The highest BCUT2D eigenvalue weighted by Gasteiger charge is 2.04. The third-order valence-electron chi connectivity index (χ3n) is 3.55. The monoisotopic (exact) mass is 284 g/mol. The molecule has 21 heavy (non-hydrogen) atoms. The lowest BCUT2D eigenvalue weighted by molar-refractivity contribution is 0.312. The number of ether oxygens (including phenoxy) is 1. The van der Waals surface area contributed by atoms with Gasteiger partial charge in [-0.05, 0) is 56.2 Å². The number of nitrogens with zero attached hydrogens (tertiary/aromatic N) is 1. The molecular weight excluding hydrogens is 260 g/mol. The fraction of sp³-hybridized carbons (Fsp3) is 0.333. The summed E-state index contributed by atoms with van der Waals surface area (Å²) in [5, 5.41) is 0. The summed E-state index contributed by atoms with van der Waals surface area (Å²) < 4.78 is 5.71. The van der Waals surface area contributed by atoms with Gasteiger partial charge in [0, 0.05) is 25.0 Å². The van der Waals surface area contributed by atoms with E-state index in [0.717, 1.165) is 24.4 Å². The summed E-state index contributed by atoms with van der Waals surface area (Å²) in [5.74, 6) is 0.873. The Hall–Kier alpha value is -2.16. The predicted molar refractivity (Wildman–Crippen MR) is 90.2 cm³/mol. The first-order valence-corrected chi connectivity index (χ1v) is 7.33. The van der Waals surface area contributed by atoms with Crippen molar-refractivity contribution in [3.05, 3.63) is 53.6 Å². The highest BCUT2D eigenvalue weighted by molar-refractivity contribution is 5.53. The van der Waals surface area contributed by atoms with Crippen molar-refractivity contribution >= 4 is 11.4 Å². The first kappa shape index (κ1) is 15.2. The highest BCUT2D eigenvalue weighted by atomic mass is 16.5. The average Bonchev–Trinajstić information content (AvgIpc) is 2.45. The van der Waals surface area contributed by atoms with Crippen LogP contribution >= 0.6 is 0 Å². The van der Waals surface area contributed by atoms with Crippen LogP contribution in [0.3, 0.4) is 0 Å². The van der Waals surface area contributed by atoms with E-state index in [1.807, 2.05) is 24.3 Å². The normalized spacial score (nSPS) is 10.4. The molecule has 0 unspecified atom stereocenters. The molecule has 0 aliphatic carbocycles. The number of aryl methyl sites for hydroxylation is 2. The molecule has 112 valence electrons. The maximum atomic E-state index is 5.71. The third kappa shape index (κ3) is 4.42. The summed E-state index contributed by atoms with van der Waals surface area (Å²) in [7, 11) is 2.13. The molecule has 0 aliphatic heterocycles. The Bertz CT molecular complexity index is 578. The van der Waals surface area contributed by atoms with E-state index in [1.165, 1.54) is 16.8 Å². The van der Waals surface area contributed by atoms with Gasteiger partial charge in [0.25, 0.3) is 0 Å².